The monoisotopic (exact) mass is 155 g/mol. The fourth-order valence-electron chi connectivity index (χ4n) is 0.598. The first-order valence-corrected chi connectivity index (χ1v) is 3.23. The van der Waals surface area contributed by atoms with Gasteiger partial charge in [0.25, 0.3) is 0 Å². The Balaban J connectivity index is 3.15. The molecule has 4 heteroatoms. The van der Waals surface area contributed by atoms with Crippen molar-refractivity contribution < 1.29 is 9.90 Å². The number of carbonyl (C=O) groups is 1. The van der Waals surface area contributed by atoms with Gasteiger partial charge in [0.2, 0.25) is 0 Å². The fourth-order valence-corrected chi connectivity index (χ4v) is 0.904. The molecule has 1 atom stereocenters. The van der Waals surface area contributed by atoms with Gasteiger partial charge in [-0.2, -0.15) is 0 Å². The second kappa shape index (κ2) is 2.76. The zero-order valence-corrected chi connectivity index (χ0v) is 6.27. The lowest BCUT2D eigenvalue weighted by Crippen LogP contribution is -2.10. The van der Waals surface area contributed by atoms with Crippen LogP contribution in [-0.2, 0) is 0 Å². The van der Waals surface area contributed by atoms with E-state index in [1.54, 1.807) is 12.3 Å². The summed E-state index contributed by atoms with van der Waals surface area (Å²) in [4.78, 5) is 14.2. The summed E-state index contributed by atoms with van der Waals surface area (Å²) < 4.78 is 0. The molecule has 3 nitrogen and oxygen atoms in total. The molecule has 10 heavy (non-hydrogen) atoms. The molecule has 0 saturated heterocycles. The van der Waals surface area contributed by atoms with Crippen molar-refractivity contribution in [3.63, 3.8) is 0 Å². The molecule has 1 aromatic rings. The van der Waals surface area contributed by atoms with E-state index in [-0.39, 0.29) is 5.56 Å². The number of hydrogen-bond donors (Lipinski definition) is 1. The minimum Gasteiger partial charge on any atom is -0.478 e. The molecule has 0 aromatic carbocycles. The highest BCUT2D eigenvalue weighted by atomic mass is 31.0. The molecule has 0 radical (unpaired) electrons. The van der Waals surface area contributed by atoms with E-state index in [2.05, 4.69) is 14.2 Å². The van der Waals surface area contributed by atoms with E-state index in [1.165, 1.54) is 6.07 Å². The standard InChI is InChI=1S/C6H6NO2P/c8-6(9)4-2-1-3-7-5(4)10/h1-3H,10H2,(H,8,9). The van der Waals surface area contributed by atoms with Gasteiger partial charge in [-0.3, -0.25) is 4.98 Å². The molecule has 1 unspecified atom stereocenters. The topological polar surface area (TPSA) is 50.2 Å². The van der Waals surface area contributed by atoms with Gasteiger partial charge in [0.05, 0.1) is 11.0 Å². The molecule has 1 aromatic heterocycles. The van der Waals surface area contributed by atoms with Crippen molar-refractivity contribution in [3.05, 3.63) is 23.9 Å². The average molecular weight is 155 g/mol. The highest BCUT2D eigenvalue weighted by Gasteiger charge is 2.04. The third kappa shape index (κ3) is 1.31. The lowest BCUT2D eigenvalue weighted by molar-refractivity contribution is 0.0698. The van der Waals surface area contributed by atoms with E-state index in [9.17, 15) is 4.79 Å². The lowest BCUT2D eigenvalue weighted by atomic mass is 10.3. The Labute approximate surface area is 60.3 Å². The molecule has 1 heterocycles. The molecule has 0 aliphatic rings. The molecule has 0 bridgehead atoms. The van der Waals surface area contributed by atoms with Crippen LogP contribution in [0.4, 0.5) is 0 Å². The van der Waals surface area contributed by atoms with Crippen molar-refractivity contribution in [2.75, 3.05) is 0 Å². The SMILES string of the molecule is O=C(O)c1cccnc1P. The normalized spacial score (nSPS) is 9.30. The van der Waals surface area contributed by atoms with Gasteiger partial charge in [-0.05, 0) is 12.1 Å². The van der Waals surface area contributed by atoms with Gasteiger partial charge >= 0.3 is 5.97 Å². The van der Waals surface area contributed by atoms with Crippen molar-refractivity contribution in [2.24, 2.45) is 0 Å². The van der Waals surface area contributed by atoms with E-state index in [4.69, 9.17) is 5.11 Å². The van der Waals surface area contributed by atoms with Crippen molar-refractivity contribution in [2.45, 2.75) is 0 Å². The van der Waals surface area contributed by atoms with E-state index >= 15 is 0 Å². The van der Waals surface area contributed by atoms with E-state index < -0.39 is 5.97 Å². The molecular weight excluding hydrogens is 149 g/mol. The Morgan fingerprint density at radius 2 is 2.40 bits per heavy atom. The number of carboxylic acid groups (broad SMARTS) is 1. The Morgan fingerprint density at radius 3 is 2.80 bits per heavy atom. The Bertz CT molecular complexity index is 262. The van der Waals surface area contributed by atoms with Gasteiger partial charge in [-0.1, -0.05) is 9.24 Å². The summed E-state index contributed by atoms with van der Waals surface area (Å²) in [6, 6.07) is 3.11. The number of hydrogen-bond acceptors (Lipinski definition) is 2. The Hall–Kier alpha value is -0.950. The predicted molar refractivity (Wildman–Crippen MR) is 40.5 cm³/mol. The van der Waals surface area contributed by atoms with Crippen LogP contribution in [0.25, 0.3) is 0 Å². The molecule has 0 aliphatic heterocycles. The second-order valence-electron chi connectivity index (χ2n) is 1.74. The number of aromatic nitrogens is 1. The average Bonchev–Trinajstić information content (AvgIpc) is 1.88. The first-order valence-electron chi connectivity index (χ1n) is 2.65. The van der Waals surface area contributed by atoms with Crippen LogP contribution in [0.1, 0.15) is 10.4 Å². The van der Waals surface area contributed by atoms with Crippen molar-refractivity contribution in [1.82, 2.24) is 4.98 Å². The largest absolute Gasteiger partial charge is 0.478 e. The summed E-state index contributed by atoms with van der Waals surface area (Å²) in [7, 11) is 2.26. The van der Waals surface area contributed by atoms with Crippen LogP contribution in [0.15, 0.2) is 18.3 Å². The smallest absolute Gasteiger partial charge is 0.337 e. The molecule has 0 spiro atoms. The molecule has 52 valence electrons. The maximum absolute atomic E-state index is 10.4. The van der Waals surface area contributed by atoms with E-state index in [0.717, 1.165) is 0 Å². The number of carboxylic acids is 1. The van der Waals surface area contributed by atoms with Crippen LogP contribution in [-0.4, -0.2) is 16.1 Å². The molecule has 1 N–H and O–H groups in total. The van der Waals surface area contributed by atoms with Crippen LogP contribution >= 0.6 is 9.24 Å². The van der Waals surface area contributed by atoms with Crippen molar-refractivity contribution in [3.8, 4) is 0 Å². The summed E-state index contributed by atoms with van der Waals surface area (Å²) in [6.45, 7) is 0. The molecule has 0 amide bonds. The third-order valence-corrected chi connectivity index (χ3v) is 1.53. The first-order chi connectivity index (χ1) is 4.72. The summed E-state index contributed by atoms with van der Waals surface area (Å²) in [6.07, 6.45) is 1.55. The van der Waals surface area contributed by atoms with Crippen LogP contribution in [0, 0.1) is 0 Å². The Kier molecular flexibility index (Phi) is 1.97. The van der Waals surface area contributed by atoms with Gasteiger partial charge in [-0.25, -0.2) is 4.79 Å². The number of nitrogens with zero attached hydrogens (tertiary/aromatic N) is 1. The zero-order valence-electron chi connectivity index (χ0n) is 5.11. The predicted octanol–water partition coefficient (Wildman–Crippen LogP) is 0.280. The van der Waals surface area contributed by atoms with Gasteiger partial charge in [-0.15, -0.1) is 0 Å². The van der Waals surface area contributed by atoms with E-state index in [1.807, 2.05) is 0 Å². The Morgan fingerprint density at radius 1 is 1.70 bits per heavy atom. The lowest BCUT2D eigenvalue weighted by Gasteiger charge is -1.95. The summed E-state index contributed by atoms with van der Waals surface area (Å²) in [5.41, 5.74) is 0.697. The molecule has 0 saturated carbocycles. The second-order valence-corrected chi connectivity index (χ2v) is 2.29. The van der Waals surface area contributed by atoms with Gasteiger partial charge < -0.3 is 5.11 Å². The number of aromatic carboxylic acids is 1. The minimum atomic E-state index is -0.946. The van der Waals surface area contributed by atoms with Crippen LogP contribution in [0.3, 0.4) is 0 Å². The molecular formula is C6H6NO2P. The quantitative estimate of drug-likeness (QED) is 0.592. The minimum absolute atomic E-state index is 0.229. The highest BCUT2D eigenvalue weighted by Crippen LogP contribution is 1.96. The molecule has 0 fully saturated rings. The summed E-state index contributed by atoms with van der Waals surface area (Å²) in [5, 5.41) is 8.51. The zero-order chi connectivity index (χ0) is 7.56. The summed E-state index contributed by atoms with van der Waals surface area (Å²) in [5.74, 6) is -0.946. The number of rotatable bonds is 1. The van der Waals surface area contributed by atoms with Crippen LogP contribution in [0.2, 0.25) is 0 Å². The van der Waals surface area contributed by atoms with Gasteiger partial charge in [0.15, 0.2) is 0 Å². The molecule has 1 rings (SSSR count). The van der Waals surface area contributed by atoms with E-state index in [0.29, 0.717) is 5.44 Å². The van der Waals surface area contributed by atoms with Crippen LogP contribution in [0.5, 0.6) is 0 Å². The summed E-state index contributed by atoms with van der Waals surface area (Å²) >= 11 is 0. The van der Waals surface area contributed by atoms with Crippen molar-refractivity contribution >= 4 is 20.6 Å². The van der Waals surface area contributed by atoms with Crippen molar-refractivity contribution in [1.29, 1.82) is 0 Å². The van der Waals surface area contributed by atoms with Gasteiger partial charge in [0, 0.05) is 6.20 Å². The van der Waals surface area contributed by atoms with Crippen LogP contribution < -0.4 is 5.44 Å². The van der Waals surface area contributed by atoms with Gasteiger partial charge in [0.1, 0.15) is 0 Å². The first kappa shape index (κ1) is 7.16. The fraction of sp³-hybridized carbons (Fsp3) is 0. The molecule has 0 aliphatic carbocycles. The third-order valence-electron chi connectivity index (χ3n) is 1.07. The maximum Gasteiger partial charge on any atom is 0.337 e. The number of pyridine rings is 1. The maximum atomic E-state index is 10.4. The highest BCUT2D eigenvalue weighted by molar-refractivity contribution is 7.27.